The molecule has 14 heteroatoms. The van der Waals surface area contributed by atoms with Gasteiger partial charge in [-0.25, -0.2) is 14.3 Å². The van der Waals surface area contributed by atoms with Crippen LogP contribution in [0.2, 0.25) is 0 Å². The second kappa shape index (κ2) is 15.1. The summed E-state index contributed by atoms with van der Waals surface area (Å²) >= 11 is 3.00. The average molecular weight is 736 g/mol. The van der Waals surface area contributed by atoms with Gasteiger partial charge in [-0.2, -0.15) is 27.8 Å². The first kappa shape index (κ1) is 36.5. The highest BCUT2D eigenvalue weighted by Gasteiger charge is 2.62. The van der Waals surface area contributed by atoms with E-state index in [4.69, 9.17) is 9.47 Å². The Morgan fingerprint density at radius 2 is 1.82 bits per heavy atom. The number of aromatic nitrogens is 2. The monoisotopic (exact) mass is 735 g/mol. The summed E-state index contributed by atoms with van der Waals surface area (Å²) in [6.07, 6.45) is 8.81. The van der Waals surface area contributed by atoms with Crippen LogP contribution in [0.15, 0.2) is 56.8 Å². The Kier molecular flexibility index (Phi) is 10.8. The summed E-state index contributed by atoms with van der Waals surface area (Å²) in [5.74, 6) is -1.75. The minimum Gasteiger partial charge on any atom is -0.464 e. The lowest BCUT2D eigenvalue weighted by Crippen LogP contribution is -2.56. The van der Waals surface area contributed by atoms with E-state index in [1.807, 2.05) is 45.8 Å². The number of alkyl carbamates (subject to hydrolysis) is 1. The molecule has 5 heterocycles. The van der Waals surface area contributed by atoms with Gasteiger partial charge in [-0.1, -0.05) is 25.0 Å². The second-order valence-corrected chi connectivity index (χ2v) is 15.9. The molecule has 0 aromatic carbocycles. The summed E-state index contributed by atoms with van der Waals surface area (Å²) < 4.78 is 12.3. The van der Waals surface area contributed by atoms with Crippen molar-refractivity contribution in [3.63, 3.8) is 0 Å². The van der Waals surface area contributed by atoms with Gasteiger partial charge in [0.15, 0.2) is 0 Å². The van der Waals surface area contributed by atoms with Crippen molar-refractivity contribution in [1.29, 1.82) is 0 Å². The molecule has 3 aliphatic rings. The number of fused-ring (bicyclic) bond motifs is 2. The molecule has 12 nitrogen and oxygen atoms in total. The van der Waals surface area contributed by atoms with Gasteiger partial charge in [0.1, 0.15) is 23.2 Å². The smallest absolute Gasteiger partial charge is 0.408 e. The zero-order chi connectivity index (χ0) is 36.3. The summed E-state index contributed by atoms with van der Waals surface area (Å²) in [5.41, 5.74) is 0.455. The first-order chi connectivity index (χ1) is 24.4. The molecule has 2 aliphatic heterocycles. The van der Waals surface area contributed by atoms with Crippen LogP contribution in [0.25, 0.3) is 22.3 Å². The van der Waals surface area contributed by atoms with Crippen molar-refractivity contribution in [3.05, 3.63) is 62.4 Å². The Bertz CT molecular complexity index is 1830. The van der Waals surface area contributed by atoms with Crippen molar-refractivity contribution in [3.8, 4) is 22.3 Å². The van der Waals surface area contributed by atoms with Crippen molar-refractivity contribution in [2.45, 2.75) is 102 Å². The highest BCUT2D eigenvalue weighted by atomic mass is 32.1. The van der Waals surface area contributed by atoms with Gasteiger partial charge in [0.05, 0.1) is 24.4 Å². The molecule has 5 atom stereocenters. The lowest BCUT2D eigenvalue weighted by atomic mass is 10.0. The van der Waals surface area contributed by atoms with Crippen molar-refractivity contribution >= 4 is 46.6 Å². The van der Waals surface area contributed by atoms with E-state index in [0.717, 1.165) is 30.4 Å². The van der Waals surface area contributed by atoms with Gasteiger partial charge < -0.3 is 25.0 Å². The number of allylic oxidation sites excluding steroid dienone is 1. The fourth-order valence-corrected chi connectivity index (χ4v) is 8.30. The predicted molar refractivity (Wildman–Crippen MR) is 195 cm³/mol. The highest BCUT2D eigenvalue weighted by Crippen LogP contribution is 2.46. The molecule has 0 bridgehead atoms. The minimum absolute atomic E-state index is 0.00701. The summed E-state index contributed by atoms with van der Waals surface area (Å²) in [5, 5.41) is 18.1. The van der Waals surface area contributed by atoms with Gasteiger partial charge >= 0.3 is 12.1 Å². The van der Waals surface area contributed by atoms with Crippen molar-refractivity contribution in [2.24, 2.45) is 5.92 Å². The number of ether oxygens (including phenoxy) is 2. The van der Waals surface area contributed by atoms with Gasteiger partial charge in [-0.05, 0) is 98.2 Å². The summed E-state index contributed by atoms with van der Waals surface area (Å²) in [6.45, 7) is 7.10. The van der Waals surface area contributed by atoms with E-state index in [1.165, 1.54) is 32.3 Å². The van der Waals surface area contributed by atoms with E-state index < -0.39 is 53.1 Å². The maximum absolute atomic E-state index is 14.5. The molecule has 3 aromatic rings. The van der Waals surface area contributed by atoms with E-state index in [0.29, 0.717) is 30.4 Å². The average Bonchev–Trinajstić information content (AvgIpc) is 3.60. The predicted octanol–water partition coefficient (Wildman–Crippen LogP) is 5.69. The minimum atomic E-state index is -1.24. The largest absolute Gasteiger partial charge is 0.464 e. The number of hydrogen-bond donors (Lipinski definition) is 2. The van der Waals surface area contributed by atoms with E-state index in [9.17, 15) is 24.0 Å². The maximum atomic E-state index is 14.5. The van der Waals surface area contributed by atoms with E-state index in [1.54, 1.807) is 33.9 Å². The summed E-state index contributed by atoms with van der Waals surface area (Å²) in [4.78, 5) is 70.9. The normalized spacial score (nSPS) is 26.2. The Morgan fingerprint density at radius 3 is 2.51 bits per heavy atom. The lowest BCUT2D eigenvalue weighted by molar-refractivity contribution is -0.150. The number of hydrogen-bond acceptors (Lipinski definition) is 10. The van der Waals surface area contributed by atoms with E-state index >= 15 is 0 Å². The zero-order valence-corrected chi connectivity index (χ0v) is 31.0. The molecule has 1 aliphatic carbocycles. The molecule has 2 N–H and O–H groups in total. The molecule has 3 amide bonds. The molecule has 0 spiro atoms. The number of amides is 3. The Morgan fingerprint density at radius 1 is 1.08 bits per heavy atom. The van der Waals surface area contributed by atoms with Crippen LogP contribution >= 0.6 is 22.7 Å². The van der Waals surface area contributed by atoms with Crippen molar-refractivity contribution in [1.82, 2.24) is 25.3 Å². The third kappa shape index (κ3) is 7.96. The standard InChI is InChI=1S/C37H45N5O7S2/c1-5-48-34(46)37-18-25(37)11-9-7-6-8-10-12-28(39-35(47)49-36(2,3)4)32(44)41-20-26(17-29(41)31(43)40-37)42-33(45)30(24-14-16-51-22-24)27(19-38-42)23-13-15-50-21-23/h9,11,13-16,19,21-22,25-26,28-29H,5-8,10,12,17-18,20H2,1-4H3,(H,39,47)(H,40,43)/b11-9-/t25?,26-,28+,29+,37-/m1/s1. The summed E-state index contributed by atoms with van der Waals surface area (Å²) in [6, 6.07) is 1.13. The molecular weight excluding hydrogens is 691 g/mol. The van der Waals surface area contributed by atoms with Crippen LogP contribution in [0, 0.1) is 5.92 Å². The molecule has 2 fully saturated rings. The number of nitrogens with zero attached hydrogens (tertiary/aromatic N) is 3. The number of rotatable bonds is 6. The maximum Gasteiger partial charge on any atom is 0.408 e. The number of nitrogens with one attached hydrogen (secondary N) is 2. The number of esters is 1. The van der Waals surface area contributed by atoms with Gasteiger partial charge in [0.2, 0.25) is 11.8 Å². The molecule has 3 aromatic heterocycles. The zero-order valence-electron chi connectivity index (χ0n) is 29.4. The third-order valence-corrected chi connectivity index (χ3v) is 10.9. The van der Waals surface area contributed by atoms with E-state index in [-0.39, 0.29) is 31.0 Å². The molecule has 6 rings (SSSR count). The SMILES string of the molecule is CCOC(=O)[C@@]12CC1/C=C\CCCCC[C@H](NC(=O)OC(C)(C)C)C(=O)N1C[C@H](n3ncc(-c4ccsc4)c(-c4ccsc4)c3=O)C[C@H]1C(=O)N2. The van der Waals surface area contributed by atoms with E-state index in [2.05, 4.69) is 15.7 Å². The Hall–Kier alpha value is -4.30. The lowest BCUT2D eigenvalue weighted by Gasteiger charge is -2.30. The fraction of sp³-hybridized carbons (Fsp3) is 0.514. The first-order valence-electron chi connectivity index (χ1n) is 17.5. The van der Waals surface area contributed by atoms with Crippen LogP contribution in [0.1, 0.15) is 78.7 Å². The number of carbonyl (C=O) groups is 4. The Labute approximate surface area is 305 Å². The molecule has 51 heavy (non-hydrogen) atoms. The van der Waals surface area contributed by atoms with Crippen LogP contribution in [-0.2, 0) is 23.9 Å². The molecule has 1 saturated carbocycles. The van der Waals surface area contributed by atoms with Crippen LogP contribution < -0.4 is 16.2 Å². The van der Waals surface area contributed by atoms with Gasteiger partial charge in [0.25, 0.3) is 5.56 Å². The van der Waals surface area contributed by atoms with Crippen molar-refractivity contribution < 1.29 is 28.7 Å². The fourth-order valence-electron chi connectivity index (χ4n) is 7.00. The van der Waals surface area contributed by atoms with Crippen LogP contribution in [0.4, 0.5) is 4.79 Å². The number of carbonyl (C=O) groups excluding carboxylic acids is 4. The molecule has 272 valence electrons. The molecule has 1 saturated heterocycles. The summed E-state index contributed by atoms with van der Waals surface area (Å²) in [7, 11) is 0. The quantitative estimate of drug-likeness (QED) is 0.242. The topological polar surface area (TPSA) is 149 Å². The van der Waals surface area contributed by atoms with Gasteiger partial charge in [0, 0.05) is 24.4 Å². The van der Waals surface area contributed by atoms with Crippen LogP contribution in [0.3, 0.4) is 0 Å². The van der Waals surface area contributed by atoms with Crippen molar-refractivity contribution in [2.75, 3.05) is 13.2 Å². The highest BCUT2D eigenvalue weighted by molar-refractivity contribution is 7.08. The molecule has 1 unspecified atom stereocenters. The first-order valence-corrected chi connectivity index (χ1v) is 19.4. The van der Waals surface area contributed by atoms with Gasteiger partial charge in [-0.3, -0.25) is 14.4 Å². The number of thiophene rings is 2. The van der Waals surface area contributed by atoms with Crippen LogP contribution in [-0.4, -0.2) is 74.9 Å². The second-order valence-electron chi connectivity index (χ2n) is 14.4. The molecule has 0 radical (unpaired) electrons. The van der Waals surface area contributed by atoms with Crippen LogP contribution in [0.5, 0.6) is 0 Å². The third-order valence-electron chi connectivity index (χ3n) is 9.58. The molecular formula is C37H45N5O7S2. The van der Waals surface area contributed by atoms with Gasteiger partial charge in [-0.15, -0.1) is 0 Å². The Balaban J connectivity index is 1.38.